The van der Waals surface area contributed by atoms with E-state index in [1.807, 2.05) is 25.1 Å². The SMILES string of the molecule is CC1NC(C(=O)O)Cc2c1[nH]c1cc(Cl)ccc21. The molecule has 2 aromatic rings. The highest BCUT2D eigenvalue weighted by Gasteiger charge is 2.30. The van der Waals surface area contributed by atoms with Crippen LogP contribution in [-0.4, -0.2) is 22.1 Å². The summed E-state index contributed by atoms with van der Waals surface area (Å²) in [6.45, 7) is 1.96. The molecular formula is C13H13ClN2O2. The highest BCUT2D eigenvalue weighted by Crippen LogP contribution is 2.32. The molecule has 18 heavy (non-hydrogen) atoms. The number of aromatic nitrogens is 1. The van der Waals surface area contributed by atoms with Crippen molar-refractivity contribution in [1.29, 1.82) is 0 Å². The molecule has 1 aliphatic heterocycles. The third-order valence-corrected chi connectivity index (χ3v) is 3.73. The van der Waals surface area contributed by atoms with Gasteiger partial charge in [0.05, 0.1) is 0 Å². The predicted molar refractivity (Wildman–Crippen MR) is 70.0 cm³/mol. The van der Waals surface area contributed by atoms with Gasteiger partial charge in [0.15, 0.2) is 0 Å². The number of aliphatic carboxylic acids is 1. The average Bonchev–Trinajstić information content (AvgIpc) is 2.67. The van der Waals surface area contributed by atoms with Crippen LogP contribution < -0.4 is 5.32 Å². The molecule has 5 heteroatoms. The molecule has 3 N–H and O–H groups in total. The highest BCUT2D eigenvalue weighted by atomic mass is 35.5. The van der Waals surface area contributed by atoms with Crippen molar-refractivity contribution in [2.45, 2.75) is 25.4 Å². The second-order valence-electron chi connectivity index (χ2n) is 4.69. The number of nitrogens with one attached hydrogen (secondary N) is 2. The Morgan fingerprint density at radius 1 is 1.50 bits per heavy atom. The van der Waals surface area contributed by atoms with Gasteiger partial charge in [-0.05, 0) is 24.6 Å². The van der Waals surface area contributed by atoms with Crippen molar-refractivity contribution >= 4 is 28.5 Å². The number of benzene rings is 1. The fraction of sp³-hybridized carbons (Fsp3) is 0.308. The second-order valence-corrected chi connectivity index (χ2v) is 5.13. The summed E-state index contributed by atoms with van der Waals surface area (Å²) in [5.74, 6) is -0.809. The predicted octanol–water partition coefficient (Wildman–Crippen LogP) is 2.48. The summed E-state index contributed by atoms with van der Waals surface area (Å²) in [4.78, 5) is 14.5. The van der Waals surface area contributed by atoms with Crippen LogP contribution in [0.3, 0.4) is 0 Å². The minimum Gasteiger partial charge on any atom is -0.480 e. The van der Waals surface area contributed by atoms with Gasteiger partial charge in [-0.3, -0.25) is 10.1 Å². The van der Waals surface area contributed by atoms with E-state index < -0.39 is 12.0 Å². The standard InChI is InChI=1S/C13H13ClN2O2/c1-6-12-9(5-11(15-6)13(17)18)8-3-2-7(14)4-10(8)16-12/h2-4,6,11,15-16H,5H2,1H3,(H,17,18). The third kappa shape index (κ3) is 1.69. The molecule has 0 amide bonds. The Morgan fingerprint density at radius 2 is 2.28 bits per heavy atom. The molecule has 0 aliphatic carbocycles. The summed E-state index contributed by atoms with van der Waals surface area (Å²) in [6, 6.07) is 5.13. The molecule has 1 aromatic carbocycles. The maximum Gasteiger partial charge on any atom is 0.321 e. The van der Waals surface area contributed by atoms with Gasteiger partial charge in [-0.25, -0.2) is 0 Å². The van der Waals surface area contributed by atoms with Gasteiger partial charge in [0.2, 0.25) is 0 Å². The second kappa shape index (κ2) is 4.00. The maximum absolute atomic E-state index is 11.1. The van der Waals surface area contributed by atoms with Crippen molar-refractivity contribution < 1.29 is 9.90 Å². The van der Waals surface area contributed by atoms with Crippen LogP contribution in [0.4, 0.5) is 0 Å². The summed E-state index contributed by atoms with van der Waals surface area (Å²) >= 11 is 5.97. The Kier molecular flexibility index (Phi) is 2.57. The summed E-state index contributed by atoms with van der Waals surface area (Å²) in [5.41, 5.74) is 3.11. The molecule has 0 saturated heterocycles. The molecule has 0 bridgehead atoms. The molecular weight excluding hydrogens is 252 g/mol. The van der Waals surface area contributed by atoms with E-state index in [1.54, 1.807) is 0 Å². The minimum absolute atomic E-state index is 0.000950. The summed E-state index contributed by atoms with van der Waals surface area (Å²) in [6.07, 6.45) is 0.497. The van der Waals surface area contributed by atoms with Crippen molar-refractivity contribution in [3.05, 3.63) is 34.5 Å². The molecule has 4 nitrogen and oxygen atoms in total. The van der Waals surface area contributed by atoms with Crippen LogP contribution in [0.2, 0.25) is 5.02 Å². The fourth-order valence-corrected chi connectivity index (χ4v) is 2.82. The largest absolute Gasteiger partial charge is 0.480 e. The molecule has 94 valence electrons. The Labute approximate surface area is 109 Å². The molecule has 0 fully saturated rings. The molecule has 0 radical (unpaired) electrons. The number of carboxylic acids is 1. The Bertz CT molecular complexity index is 635. The first-order valence-electron chi connectivity index (χ1n) is 5.85. The lowest BCUT2D eigenvalue weighted by Gasteiger charge is -2.26. The number of H-pyrrole nitrogens is 1. The van der Waals surface area contributed by atoms with E-state index in [-0.39, 0.29) is 6.04 Å². The van der Waals surface area contributed by atoms with Gasteiger partial charge in [0, 0.05) is 34.1 Å². The van der Waals surface area contributed by atoms with Gasteiger partial charge in [-0.1, -0.05) is 17.7 Å². The van der Waals surface area contributed by atoms with Crippen LogP contribution in [0.1, 0.15) is 24.2 Å². The zero-order chi connectivity index (χ0) is 12.9. The molecule has 3 rings (SSSR count). The van der Waals surface area contributed by atoms with Gasteiger partial charge in [-0.15, -0.1) is 0 Å². The summed E-state index contributed by atoms with van der Waals surface area (Å²) in [5, 5.41) is 14.0. The van der Waals surface area contributed by atoms with Crippen LogP contribution in [0.5, 0.6) is 0 Å². The Morgan fingerprint density at radius 3 is 3.00 bits per heavy atom. The maximum atomic E-state index is 11.1. The molecule has 0 saturated carbocycles. The Balaban J connectivity index is 2.17. The lowest BCUT2D eigenvalue weighted by Crippen LogP contribution is -2.43. The molecule has 1 aliphatic rings. The average molecular weight is 265 g/mol. The van der Waals surface area contributed by atoms with Crippen molar-refractivity contribution in [2.24, 2.45) is 0 Å². The first-order valence-corrected chi connectivity index (χ1v) is 6.23. The number of carboxylic acid groups (broad SMARTS) is 1. The number of halogens is 1. The van der Waals surface area contributed by atoms with E-state index in [4.69, 9.17) is 16.7 Å². The topological polar surface area (TPSA) is 65.1 Å². The quantitative estimate of drug-likeness (QED) is 0.741. The van der Waals surface area contributed by atoms with Crippen molar-refractivity contribution in [3.8, 4) is 0 Å². The number of rotatable bonds is 1. The fourth-order valence-electron chi connectivity index (χ4n) is 2.64. The smallest absolute Gasteiger partial charge is 0.321 e. The minimum atomic E-state index is -0.809. The van der Waals surface area contributed by atoms with Crippen molar-refractivity contribution in [2.75, 3.05) is 0 Å². The van der Waals surface area contributed by atoms with Gasteiger partial charge in [0.1, 0.15) is 6.04 Å². The molecule has 2 heterocycles. The van der Waals surface area contributed by atoms with Gasteiger partial charge >= 0.3 is 5.97 Å². The lowest BCUT2D eigenvalue weighted by atomic mass is 9.95. The van der Waals surface area contributed by atoms with Gasteiger partial charge in [-0.2, -0.15) is 0 Å². The van der Waals surface area contributed by atoms with Gasteiger partial charge < -0.3 is 10.1 Å². The van der Waals surface area contributed by atoms with E-state index >= 15 is 0 Å². The molecule has 2 unspecified atom stereocenters. The van der Waals surface area contributed by atoms with Gasteiger partial charge in [0.25, 0.3) is 0 Å². The Hall–Kier alpha value is -1.52. The normalized spacial score (nSPS) is 23.0. The van der Waals surface area contributed by atoms with E-state index in [0.29, 0.717) is 11.4 Å². The highest BCUT2D eigenvalue weighted by molar-refractivity contribution is 6.31. The third-order valence-electron chi connectivity index (χ3n) is 3.49. The van der Waals surface area contributed by atoms with E-state index in [0.717, 1.165) is 22.2 Å². The molecule has 1 aromatic heterocycles. The van der Waals surface area contributed by atoms with Crippen LogP contribution in [-0.2, 0) is 11.2 Å². The summed E-state index contributed by atoms with van der Waals surface area (Å²) < 4.78 is 0. The number of carbonyl (C=O) groups is 1. The van der Waals surface area contributed by atoms with Crippen LogP contribution in [0.25, 0.3) is 10.9 Å². The lowest BCUT2D eigenvalue weighted by molar-refractivity contribution is -0.139. The number of hydrogen-bond donors (Lipinski definition) is 3. The first kappa shape index (κ1) is 11.6. The van der Waals surface area contributed by atoms with E-state index in [1.165, 1.54) is 0 Å². The number of hydrogen-bond acceptors (Lipinski definition) is 2. The van der Waals surface area contributed by atoms with Crippen LogP contribution in [0.15, 0.2) is 18.2 Å². The number of aromatic amines is 1. The summed E-state index contributed by atoms with van der Waals surface area (Å²) in [7, 11) is 0. The van der Waals surface area contributed by atoms with Crippen molar-refractivity contribution in [3.63, 3.8) is 0 Å². The monoisotopic (exact) mass is 264 g/mol. The molecule has 2 atom stereocenters. The van der Waals surface area contributed by atoms with Crippen LogP contribution in [0, 0.1) is 0 Å². The zero-order valence-electron chi connectivity index (χ0n) is 9.83. The zero-order valence-corrected chi connectivity index (χ0v) is 10.6. The molecule has 0 spiro atoms. The van der Waals surface area contributed by atoms with E-state index in [2.05, 4.69) is 10.3 Å². The van der Waals surface area contributed by atoms with Crippen molar-refractivity contribution in [1.82, 2.24) is 10.3 Å². The van der Waals surface area contributed by atoms with E-state index in [9.17, 15) is 4.79 Å². The number of fused-ring (bicyclic) bond motifs is 3. The van der Waals surface area contributed by atoms with Crippen LogP contribution >= 0.6 is 11.6 Å². The first-order chi connectivity index (χ1) is 8.56.